The molecule has 1 fully saturated rings. The number of fused-ring (bicyclic) bond motifs is 1. The van der Waals surface area contributed by atoms with Crippen molar-refractivity contribution in [3.63, 3.8) is 0 Å². The van der Waals surface area contributed by atoms with E-state index in [2.05, 4.69) is 29.6 Å². The molecule has 0 bridgehead atoms. The molecule has 0 heterocycles. The predicted molar refractivity (Wildman–Crippen MR) is 67.5 cm³/mol. The molecular formula is C15H21N. The lowest BCUT2D eigenvalue weighted by atomic mass is 10.1. The Morgan fingerprint density at radius 3 is 2.88 bits per heavy atom. The van der Waals surface area contributed by atoms with Crippen LogP contribution in [0.3, 0.4) is 0 Å². The van der Waals surface area contributed by atoms with E-state index in [0.29, 0.717) is 6.04 Å². The van der Waals surface area contributed by atoms with Crippen LogP contribution in [0.15, 0.2) is 24.3 Å². The number of rotatable bonds is 5. The maximum absolute atomic E-state index is 3.72. The van der Waals surface area contributed by atoms with Gasteiger partial charge < -0.3 is 5.32 Å². The van der Waals surface area contributed by atoms with Gasteiger partial charge in [-0.2, -0.15) is 0 Å². The van der Waals surface area contributed by atoms with E-state index in [1.54, 1.807) is 11.1 Å². The zero-order chi connectivity index (χ0) is 10.8. The molecule has 1 aromatic carbocycles. The van der Waals surface area contributed by atoms with Gasteiger partial charge in [-0.05, 0) is 49.3 Å². The second-order valence-corrected chi connectivity index (χ2v) is 5.33. The summed E-state index contributed by atoms with van der Waals surface area (Å²) in [6.07, 6.45) is 8.35. The molecule has 0 radical (unpaired) electrons. The highest BCUT2D eigenvalue weighted by atomic mass is 14.9. The molecule has 1 N–H and O–H groups in total. The van der Waals surface area contributed by atoms with Crippen LogP contribution < -0.4 is 5.32 Å². The lowest BCUT2D eigenvalue weighted by Crippen LogP contribution is -2.20. The van der Waals surface area contributed by atoms with Gasteiger partial charge in [0.15, 0.2) is 0 Å². The molecule has 3 rings (SSSR count). The van der Waals surface area contributed by atoms with Gasteiger partial charge in [-0.25, -0.2) is 0 Å². The molecule has 0 aliphatic heterocycles. The minimum absolute atomic E-state index is 0.635. The second kappa shape index (κ2) is 4.58. The molecule has 1 saturated carbocycles. The van der Waals surface area contributed by atoms with Gasteiger partial charge in [-0.3, -0.25) is 0 Å². The van der Waals surface area contributed by atoms with Crippen LogP contribution in [0.25, 0.3) is 0 Å². The summed E-state index contributed by atoms with van der Waals surface area (Å²) >= 11 is 0. The summed E-state index contributed by atoms with van der Waals surface area (Å²) in [4.78, 5) is 0. The minimum Gasteiger partial charge on any atom is -0.310 e. The number of aryl methyl sites for hydroxylation is 1. The van der Waals surface area contributed by atoms with Crippen LogP contribution in [0.1, 0.15) is 49.3 Å². The lowest BCUT2D eigenvalue weighted by molar-refractivity contribution is 0.504. The molecule has 1 aromatic rings. The smallest absolute Gasteiger partial charge is 0.0326 e. The number of nitrogens with one attached hydrogen (secondary N) is 1. The Morgan fingerprint density at radius 1 is 1.12 bits per heavy atom. The predicted octanol–water partition coefficient (Wildman–Crippen LogP) is 3.45. The van der Waals surface area contributed by atoms with Crippen LogP contribution in [-0.2, 0) is 6.42 Å². The first-order valence-electron chi connectivity index (χ1n) is 6.74. The number of hydrogen-bond acceptors (Lipinski definition) is 1. The summed E-state index contributed by atoms with van der Waals surface area (Å²) < 4.78 is 0. The summed E-state index contributed by atoms with van der Waals surface area (Å²) in [5.41, 5.74) is 3.11. The molecule has 1 atom stereocenters. The minimum atomic E-state index is 0.635. The molecule has 1 heteroatoms. The zero-order valence-electron chi connectivity index (χ0n) is 9.91. The van der Waals surface area contributed by atoms with Crippen LogP contribution in [0.4, 0.5) is 0 Å². The van der Waals surface area contributed by atoms with Crippen molar-refractivity contribution in [2.24, 2.45) is 5.92 Å². The molecule has 1 unspecified atom stereocenters. The van der Waals surface area contributed by atoms with Gasteiger partial charge in [-0.15, -0.1) is 0 Å². The Hall–Kier alpha value is -0.820. The van der Waals surface area contributed by atoms with Crippen molar-refractivity contribution in [2.75, 3.05) is 6.54 Å². The summed E-state index contributed by atoms with van der Waals surface area (Å²) in [6.45, 7) is 1.20. The van der Waals surface area contributed by atoms with Gasteiger partial charge >= 0.3 is 0 Å². The summed E-state index contributed by atoms with van der Waals surface area (Å²) in [5.74, 6) is 1.08. The highest BCUT2D eigenvalue weighted by Gasteiger charge is 2.22. The maximum atomic E-state index is 3.72. The van der Waals surface area contributed by atoms with Gasteiger partial charge in [0.1, 0.15) is 0 Å². The first kappa shape index (κ1) is 10.3. The first-order chi connectivity index (χ1) is 7.93. The molecular weight excluding hydrogens is 194 g/mol. The van der Waals surface area contributed by atoms with E-state index >= 15 is 0 Å². The molecule has 0 amide bonds. The van der Waals surface area contributed by atoms with Crippen molar-refractivity contribution in [1.29, 1.82) is 0 Å². The van der Waals surface area contributed by atoms with Crippen LogP contribution >= 0.6 is 0 Å². The third kappa shape index (κ3) is 2.30. The van der Waals surface area contributed by atoms with E-state index in [1.165, 1.54) is 45.1 Å². The number of hydrogen-bond donors (Lipinski definition) is 1. The highest BCUT2D eigenvalue weighted by molar-refractivity contribution is 5.34. The van der Waals surface area contributed by atoms with Gasteiger partial charge in [0, 0.05) is 6.04 Å². The van der Waals surface area contributed by atoms with Crippen molar-refractivity contribution in [3.05, 3.63) is 35.4 Å². The molecule has 16 heavy (non-hydrogen) atoms. The quantitative estimate of drug-likeness (QED) is 0.742. The highest BCUT2D eigenvalue weighted by Crippen LogP contribution is 2.34. The Morgan fingerprint density at radius 2 is 2.00 bits per heavy atom. The standard InChI is InChI=1S/C15H21N/c1-2-6-14-13(5-1)9-10-15(14)16-11-3-4-12-7-8-12/h1-2,5-6,12,15-16H,3-4,7-11H2. The summed E-state index contributed by atoms with van der Waals surface area (Å²) in [7, 11) is 0. The van der Waals surface area contributed by atoms with Gasteiger partial charge in [0.2, 0.25) is 0 Å². The van der Waals surface area contributed by atoms with Crippen LogP contribution in [0.2, 0.25) is 0 Å². The number of benzene rings is 1. The van der Waals surface area contributed by atoms with E-state index in [9.17, 15) is 0 Å². The second-order valence-electron chi connectivity index (χ2n) is 5.33. The Bertz CT molecular complexity index is 354. The zero-order valence-corrected chi connectivity index (χ0v) is 9.91. The molecule has 0 aromatic heterocycles. The molecule has 2 aliphatic rings. The Labute approximate surface area is 98.3 Å². The van der Waals surface area contributed by atoms with E-state index in [-0.39, 0.29) is 0 Å². The van der Waals surface area contributed by atoms with E-state index in [4.69, 9.17) is 0 Å². The van der Waals surface area contributed by atoms with Crippen molar-refractivity contribution >= 4 is 0 Å². The Balaban J connectivity index is 1.48. The van der Waals surface area contributed by atoms with Crippen molar-refractivity contribution in [3.8, 4) is 0 Å². The van der Waals surface area contributed by atoms with Gasteiger partial charge in [0.25, 0.3) is 0 Å². The monoisotopic (exact) mass is 215 g/mol. The normalized spacial score (nSPS) is 23.4. The molecule has 86 valence electrons. The first-order valence-corrected chi connectivity index (χ1v) is 6.74. The summed E-state index contributed by atoms with van der Waals surface area (Å²) in [6, 6.07) is 9.54. The lowest BCUT2D eigenvalue weighted by Gasteiger charge is -2.13. The largest absolute Gasteiger partial charge is 0.310 e. The van der Waals surface area contributed by atoms with Crippen LogP contribution in [0, 0.1) is 5.92 Å². The van der Waals surface area contributed by atoms with Crippen molar-refractivity contribution in [1.82, 2.24) is 5.32 Å². The molecule has 1 nitrogen and oxygen atoms in total. The van der Waals surface area contributed by atoms with E-state index < -0.39 is 0 Å². The van der Waals surface area contributed by atoms with Crippen molar-refractivity contribution in [2.45, 2.75) is 44.6 Å². The third-order valence-electron chi connectivity index (χ3n) is 4.01. The average molecular weight is 215 g/mol. The fourth-order valence-corrected chi connectivity index (χ4v) is 2.84. The third-order valence-corrected chi connectivity index (χ3v) is 4.01. The fraction of sp³-hybridized carbons (Fsp3) is 0.600. The molecule has 2 aliphatic carbocycles. The van der Waals surface area contributed by atoms with Gasteiger partial charge in [0.05, 0.1) is 0 Å². The van der Waals surface area contributed by atoms with E-state index in [0.717, 1.165) is 5.92 Å². The van der Waals surface area contributed by atoms with Crippen LogP contribution in [0.5, 0.6) is 0 Å². The van der Waals surface area contributed by atoms with Crippen LogP contribution in [-0.4, -0.2) is 6.54 Å². The average Bonchev–Trinajstić information content (AvgIpc) is 3.05. The van der Waals surface area contributed by atoms with E-state index in [1.807, 2.05) is 0 Å². The Kier molecular flexibility index (Phi) is 2.96. The van der Waals surface area contributed by atoms with Gasteiger partial charge in [-0.1, -0.05) is 37.1 Å². The maximum Gasteiger partial charge on any atom is 0.0326 e. The topological polar surface area (TPSA) is 12.0 Å². The van der Waals surface area contributed by atoms with Crippen molar-refractivity contribution < 1.29 is 0 Å². The summed E-state index contributed by atoms with van der Waals surface area (Å²) in [5, 5.41) is 3.72. The molecule has 0 saturated heterocycles. The SMILES string of the molecule is c1ccc2c(c1)CCC2NCCCC1CC1. The molecule has 0 spiro atoms. The fourth-order valence-electron chi connectivity index (χ4n) is 2.84.